The van der Waals surface area contributed by atoms with Gasteiger partial charge in [0.2, 0.25) is 5.91 Å². The number of benzene rings is 1. The van der Waals surface area contributed by atoms with E-state index in [1.54, 1.807) is 24.3 Å². The highest BCUT2D eigenvalue weighted by Gasteiger charge is 2.16. The van der Waals surface area contributed by atoms with Gasteiger partial charge in [0.25, 0.3) is 5.91 Å². The summed E-state index contributed by atoms with van der Waals surface area (Å²) in [5, 5.41) is 17.3. The zero-order valence-corrected chi connectivity index (χ0v) is 14.8. The molecule has 1 heterocycles. The Kier molecular flexibility index (Phi) is 7.55. The smallest absolute Gasteiger partial charge is 0.308 e. The number of hydrogen-bond acceptors (Lipinski definition) is 5. The molecule has 1 aromatic rings. The number of piperidine rings is 1. The first-order chi connectivity index (χ1) is 12.5. The Balaban J connectivity index is 1.82. The summed E-state index contributed by atoms with van der Waals surface area (Å²) < 4.78 is 5.60. The Morgan fingerprint density at radius 2 is 2.04 bits per heavy atom. The normalized spacial score (nSPS) is 15.9. The minimum atomic E-state index is -0.972. The number of amides is 2. The molecule has 26 heavy (non-hydrogen) atoms. The number of ether oxygens (including phenoxy) is 1. The third-order valence-corrected chi connectivity index (χ3v) is 4.14. The highest BCUT2D eigenvalue weighted by molar-refractivity contribution is 5.97. The number of anilines is 1. The highest BCUT2D eigenvalue weighted by atomic mass is 16.5. The van der Waals surface area contributed by atoms with Gasteiger partial charge >= 0.3 is 5.97 Å². The van der Waals surface area contributed by atoms with Crippen LogP contribution in [0.5, 0.6) is 0 Å². The van der Waals surface area contributed by atoms with Crippen molar-refractivity contribution in [2.24, 2.45) is 5.92 Å². The molecule has 8 nitrogen and oxygen atoms in total. The first-order valence-electron chi connectivity index (χ1n) is 8.69. The third-order valence-electron chi connectivity index (χ3n) is 4.14. The Labute approximate surface area is 152 Å². The lowest BCUT2D eigenvalue weighted by Gasteiger charge is -2.22. The maximum absolute atomic E-state index is 12.1. The van der Waals surface area contributed by atoms with Gasteiger partial charge in [-0.15, -0.1) is 0 Å². The molecule has 1 aliphatic rings. The molecule has 0 radical (unpaired) electrons. The van der Waals surface area contributed by atoms with Crippen molar-refractivity contribution in [3.05, 3.63) is 29.8 Å². The predicted molar refractivity (Wildman–Crippen MR) is 96.0 cm³/mol. The van der Waals surface area contributed by atoms with Crippen molar-refractivity contribution in [3.8, 4) is 0 Å². The van der Waals surface area contributed by atoms with Crippen LogP contribution >= 0.6 is 0 Å². The maximum atomic E-state index is 12.1. The van der Waals surface area contributed by atoms with Crippen LogP contribution in [0, 0.1) is 5.92 Å². The first kappa shape index (κ1) is 19.9. The van der Waals surface area contributed by atoms with E-state index in [9.17, 15) is 14.4 Å². The minimum absolute atomic E-state index is 0.0305. The number of carboxylic acids is 1. The molecule has 0 aliphatic carbocycles. The van der Waals surface area contributed by atoms with Gasteiger partial charge in [0, 0.05) is 17.8 Å². The van der Waals surface area contributed by atoms with Crippen molar-refractivity contribution >= 4 is 23.5 Å². The number of carboxylic acid groups (broad SMARTS) is 1. The van der Waals surface area contributed by atoms with Crippen LogP contribution in [0.1, 0.15) is 30.1 Å². The Morgan fingerprint density at radius 1 is 1.31 bits per heavy atom. The molecular weight excluding hydrogens is 338 g/mol. The molecule has 2 rings (SSSR count). The lowest BCUT2D eigenvalue weighted by molar-refractivity contribution is -0.140. The molecule has 8 heteroatoms. The van der Waals surface area contributed by atoms with Crippen molar-refractivity contribution in [3.63, 3.8) is 0 Å². The van der Waals surface area contributed by atoms with Crippen LogP contribution in [-0.4, -0.2) is 55.2 Å². The van der Waals surface area contributed by atoms with Gasteiger partial charge in [-0.05, 0) is 44.1 Å². The maximum Gasteiger partial charge on any atom is 0.308 e. The van der Waals surface area contributed by atoms with Crippen LogP contribution in [0.2, 0.25) is 0 Å². The van der Waals surface area contributed by atoms with Gasteiger partial charge in [0.1, 0.15) is 6.61 Å². The second-order valence-corrected chi connectivity index (χ2v) is 6.34. The quantitative estimate of drug-likeness (QED) is 0.544. The average Bonchev–Trinajstić information content (AvgIpc) is 2.65. The largest absolute Gasteiger partial charge is 0.481 e. The molecule has 0 spiro atoms. The molecule has 1 saturated heterocycles. The van der Waals surface area contributed by atoms with Crippen molar-refractivity contribution < 1.29 is 24.2 Å². The summed E-state index contributed by atoms with van der Waals surface area (Å²) in [7, 11) is 0. The van der Waals surface area contributed by atoms with Crippen molar-refractivity contribution in [1.82, 2.24) is 10.6 Å². The summed E-state index contributed by atoms with van der Waals surface area (Å²) in [6.07, 6.45) is 1.87. The standard InChI is InChI=1S/C18H25N3O5/c1-12(18(24)25)10-20-17(23)13-3-2-4-14(9-13)21-16(22)11-26-15-5-7-19-8-6-15/h2-4,9,12,15,19H,5-8,10-11H2,1H3,(H,20,23)(H,21,22)(H,24,25). The van der Waals surface area contributed by atoms with Crippen LogP contribution in [0.25, 0.3) is 0 Å². The molecule has 0 saturated carbocycles. The number of carbonyl (C=O) groups is 3. The van der Waals surface area contributed by atoms with Crippen LogP contribution in [0.3, 0.4) is 0 Å². The van der Waals surface area contributed by atoms with E-state index < -0.39 is 11.9 Å². The summed E-state index contributed by atoms with van der Waals surface area (Å²) in [6.45, 7) is 3.31. The van der Waals surface area contributed by atoms with E-state index in [1.165, 1.54) is 6.92 Å². The predicted octanol–water partition coefficient (Wildman–Crippen LogP) is 0.844. The lowest BCUT2D eigenvalue weighted by atomic mass is 10.1. The number of rotatable bonds is 8. The second kappa shape index (κ2) is 9.88. The highest BCUT2D eigenvalue weighted by Crippen LogP contribution is 2.12. The van der Waals surface area contributed by atoms with Crippen LogP contribution in [0.15, 0.2) is 24.3 Å². The van der Waals surface area contributed by atoms with Gasteiger partial charge in [-0.2, -0.15) is 0 Å². The molecule has 0 aromatic heterocycles. The molecule has 1 unspecified atom stereocenters. The van der Waals surface area contributed by atoms with Crippen molar-refractivity contribution in [1.29, 1.82) is 0 Å². The Morgan fingerprint density at radius 3 is 2.73 bits per heavy atom. The van der Waals surface area contributed by atoms with E-state index in [0.29, 0.717) is 11.3 Å². The van der Waals surface area contributed by atoms with Crippen molar-refractivity contribution in [2.45, 2.75) is 25.9 Å². The summed E-state index contributed by atoms with van der Waals surface area (Å²) in [6, 6.07) is 6.48. The minimum Gasteiger partial charge on any atom is -0.481 e. The molecular formula is C18H25N3O5. The van der Waals surface area contributed by atoms with E-state index in [-0.39, 0.29) is 31.1 Å². The third kappa shape index (κ3) is 6.45. The fourth-order valence-corrected chi connectivity index (χ4v) is 2.53. The molecule has 1 aromatic carbocycles. The van der Waals surface area contributed by atoms with Crippen LogP contribution in [-0.2, 0) is 14.3 Å². The van der Waals surface area contributed by atoms with Gasteiger partial charge in [-0.3, -0.25) is 14.4 Å². The van der Waals surface area contributed by atoms with Gasteiger partial charge in [0.15, 0.2) is 0 Å². The topological polar surface area (TPSA) is 117 Å². The zero-order valence-electron chi connectivity index (χ0n) is 14.8. The molecule has 4 N–H and O–H groups in total. The molecule has 2 amide bonds. The van der Waals surface area contributed by atoms with Gasteiger partial charge in [-0.1, -0.05) is 13.0 Å². The second-order valence-electron chi connectivity index (χ2n) is 6.34. The molecule has 1 fully saturated rings. The number of hydrogen-bond donors (Lipinski definition) is 4. The fraction of sp³-hybridized carbons (Fsp3) is 0.500. The number of nitrogens with one attached hydrogen (secondary N) is 3. The lowest BCUT2D eigenvalue weighted by Crippen LogP contribution is -2.34. The zero-order chi connectivity index (χ0) is 18.9. The fourth-order valence-electron chi connectivity index (χ4n) is 2.53. The van der Waals surface area contributed by atoms with E-state index in [1.807, 2.05) is 0 Å². The van der Waals surface area contributed by atoms with E-state index in [2.05, 4.69) is 16.0 Å². The summed E-state index contributed by atoms with van der Waals surface area (Å²) in [5.41, 5.74) is 0.836. The van der Waals surface area contributed by atoms with Gasteiger partial charge in [-0.25, -0.2) is 0 Å². The SMILES string of the molecule is CC(CNC(=O)c1cccc(NC(=O)COC2CCNCC2)c1)C(=O)O. The number of carbonyl (C=O) groups excluding carboxylic acids is 2. The van der Waals surface area contributed by atoms with Crippen molar-refractivity contribution in [2.75, 3.05) is 31.6 Å². The Hall–Kier alpha value is -2.45. The van der Waals surface area contributed by atoms with Crippen LogP contribution < -0.4 is 16.0 Å². The summed E-state index contributed by atoms with van der Waals surface area (Å²) in [5.74, 6) is -2.31. The first-order valence-corrected chi connectivity index (χ1v) is 8.69. The molecule has 1 aliphatic heterocycles. The van der Waals surface area contributed by atoms with E-state index in [4.69, 9.17) is 9.84 Å². The summed E-state index contributed by atoms with van der Waals surface area (Å²) in [4.78, 5) is 34.9. The van der Waals surface area contributed by atoms with Crippen LogP contribution in [0.4, 0.5) is 5.69 Å². The monoisotopic (exact) mass is 363 g/mol. The molecule has 0 bridgehead atoms. The number of aliphatic carboxylic acids is 1. The molecule has 142 valence electrons. The average molecular weight is 363 g/mol. The van der Waals surface area contributed by atoms with Gasteiger partial charge < -0.3 is 25.8 Å². The molecule has 1 atom stereocenters. The Bertz CT molecular complexity index is 643. The van der Waals surface area contributed by atoms with Gasteiger partial charge in [0.05, 0.1) is 12.0 Å². The van der Waals surface area contributed by atoms with E-state index in [0.717, 1.165) is 25.9 Å². The summed E-state index contributed by atoms with van der Waals surface area (Å²) >= 11 is 0. The van der Waals surface area contributed by atoms with E-state index >= 15 is 0 Å².